The van der Waals surface area contributed by atoms with Gasteiger partial charge in [0.2, 0.25) is 10.1 Å². The third-order valence-electron chi connectivity index (χ3n) is 1.19. The Morgan fingerprint density at radius 1 is 1.36 bits per heavy atom. The molecule has 66 valence electrons. The number of hydrogen-bond acceptors (Lipinski definition) is 2. The standard InChI is InChI=1S/C5H6Cl4O2/c6-1-3-2-10-4(11-3)5(7,8)9/h3-4H,1-2H2/t3-,4-/m1/s1. The van der Waals surface area contributed by atoms with E-state index in [4.69, 9.17) is 55.9 Å². The Bertz CT molecular complexity index is 135. The highest BCUT2D eigenvalue weighted by Gasteiger charge is 2.40. The minimum atomic E-state index is -1.53. The van der Waals surface area contributed by atoms with E-state index in [0.29, 0.717) is 12.5 Å². The van der Waals surface area contributed by atoms with Gasteiger partial charge in [0.05, 0.1) is 18.6 Å². The SMILES string of the molecule is ClC[C@@H]1CO[C@@H](C(Cl)(Cl)Cl)O1. The zero-order valence-corrected chi connectivity index (χ0v) is 8.42. The van der Waals surface area contributed by atoms with Gasteiger partial charge in [-0.05, 0) is 0 Å². The molecule has 0 amide bonds. The molecule has 2 atom stereocenters. The molecule has 1 aliphatic rings. The van der Waals surface area contributed by atoms with Gasteiger partial charge in [-0.2, -0.15) is 0 Å². The highest BCUT2D eigenvalue weighted by molar-refractivity contribution is 6.67. The summed E-state index contributed by atoms with van der Waals surface area (Å²) in [5.41, 5.74) is 0. The molecular weight excluding hydrogens is 234 g/mol. The second-order valence-corrected chi connectivity index (χ2v) is 4.80. The van der Waals surface area contributed by atoms with Gasteiger partial charge in [0, 0.05) is 0 Å². The molecule has 6 heteroatoms. The summed E-state index contributed by atoms with van der Waals surface area (Å²) in [5, 5.41) is 0. The summed E-state index contributed by atoms with van der Waals surface area (Å²) in [5.74, 6) is 0.344. The average molecular weight is 240 g/mol. The van der Waals surface area contributed by atoms with Crippen LogP contribution in [-0.2, 0) is 9.47 Å². The van der Waals surface area contributed by atoms with Crippen molar-refractivity contribution in [1.29, 1.82) is 0 Å². The maximum atomic E-state index is 5.50. The molecule has 0 unspecified atom stereocenters. The second kappa shape index (κ2) is 3.86. The molecule has 0 aromatic rings. The molecule has 0 aliphatic carbocycles. The van der Waals surface area contributed by atoms with Crippen molar-refractivity contribution in [2.24, 2.45) is 0 Å². The van der Waals surface area contributed by atoms with E-state index in [9.17, 15) is 0 Å². The van der Waals surface area contributed by atoms with Crippen molar-refractivity contribution in [3.8, 4) is 0 Å². The highest BCUT2D eigenvalue weighted by atomic mass is 35.6. The summed E-state index contributed by atoms with van der Waals surface area (Å²) in [7, 11) is 0. The first-order chi connectivity index (χ1) is 5.04. The van der Waals surface area contributed by atoms with Crippen LogP contribution < -0.4 is 0 Å². The Kier molecular flexibility index (Phi) is 3.57. The van der Waals surface area contributed by atoms with E-state index in [2.05, 4.69) is 0 Å². The lowest BCUT2D eigenvalue weighted by atomic mass is 10.4. The molecule has 0 aromatic carbocycles. The first-order valence-corrected chi connectivity index (χ1v) is 4.60. The first kappa shape index (κ1) is 10.2. The van der Waals surface area contributed by atoms with E-state index < -0.39 is 10.1 Å². The van der Waals surface area contributed by atoms with E-state index in [-0.39, 0.29) is 6.10 Å². The number of hydrogen-bond donors (Lipinski definition) is 0. The predicted molar refractivity (Wildman–Crippen MR) is 45.6 cm³/mol. The summed E-state index contributed by atoms with van der Waals surface area (Å²) < 4.78 is 8.62. The fourth-order valence-electron chi connectivity index (χ4n) is 0.701. The molecule has 1 aliphatic heterocycles. The normalized spacial score (nSPS) is 32.7. The number of rotatable bonds is 1. The van der Waals surface area contributed by atoms with Crippen molar-refractivity contribution >= 4 is 46.4 Å². The van der Waals surface area contributed by atoms with Crippen LogP contribution in [0.5, 0.6) is 0 Å². The van der Waals surface area contributed by atoms with Crippen LogP contribution in [0.2, 0.25) is 0 Å². The molecule has 1 saturated heterocycles. The fourth-order valence-corrected chi connectivity index (χ4v) is 1.21. The Hall–Kier alpha value is 1.08. The monoisotopic (exact) mass is 238 g/mol. The molecular formula is C5H6Cl4O2. The van der Waals surface area contributed by atoms with Gasteiger partial charge in [0.15, 0.2) is 0 Å². The zero-order chi connectivity index (χ0) is 8.48. The molecule has 1 rings (SSSR count). The van der Waals surface area contributed by atoms with Gasteiger partial charge in [0.1, 0.15) is 0 Å². The Labute approximate surface area is 84.6 Å². The van der Waals surface area contributed by atoms with Crippen LogP contribution in [0.4, 0.5) is 0 Å². The summed E-state index contributed by atoms with van der Waals surface area (Å²) >= 11 is 22.0. The van der Waals surface area contributed by atoms with Gasteiger partial charge in [-0.25, -0.2) is 0 Å². The molecule has 0 spiro atoms. The van der Waals surface area contributed by atoms with Crippen molar-refractivity contribution in [3.05, 3.63) is 0 Å². The number of ether oxygens (including phenoxy) is 2. The van der Waals surface area contributed by atoms with E-state index >= 15 is 0 Å². The van der Waals surface area contributed by atoms with E-state index in [1.54, 1.807) is 0 Å². The Balaban J connectivity index is 2.42. The third-order valence-corrected chi connectivity index (χ3v) is 2.07. The van der Waals surface area contributed by atoms with Crippen molar-refractivity contribution in [1.82, 2.24) is 0 Å². The molecule has 0 saturated carbocycles. The molecule has 0 bridgehead atoms. The van der Waals surface area contributed by atoms with Crippen LogP contribution in [0, 0.1) is 0 Å². The van der Waals surface area contributed by atoms with E-state index in [1.807, 2.05) is 0 Å². The zero-order valence-electron chi connectivity index (χ0n) is 5.40. The smallest absolute Gasteiger partial charge is 0.240 e. The minimum absolute atomic E-state index is 0.169. The summed E-state index contributed by atoms with van der Waals surface area (Å²) in [6.07, 6.45) is -0.964. The van der Waals surface area contributed by atoms with Crippen molar-refractivity contribution in [2.75, 3.05) is 12.5 Å². The van der Waals surface area contributed by atoms with Gasteiger partial charge in [-0.3, -0.25) is 0 Å². The molecule has 2 nitrogen and oxygen atoms in total. The Morgan fingerprint density at radius 3 is 2.27 bits per heavy atom. The first-order valence-electron chi connectivity index (χ1n) is 2.94. The molecule has 0 N–H and O–H groups in total. The van der Waals surface area contributed by atoms with Crippen LogP contribution in [-0.4, -0.2) is 28.7 Å². The molecule has 0 radical (unpaired) electrons. The van der Waals surface area contributed by atoms with Gasteiger partial charge >= 0.3 is 0 Å². The van der Waals surface area contributed by atoms with Crippen molar-refractivity contribution in [2.45, 2.75) is 16.2 Å². The van der Waals surface area contributed by atoms with Crippen molar-refractivity contribution < 1.29 is 9.47 Å². The minimum Gasteiger partial charge on any atom is -0.346 e. The van der Waals surface area contributed by atoms with Gasteiger partial charge in [-0.1, -0.05) is 34.8 Å². The van der Waals surface area contributed by atoms with Gasteiger partial charge < -0.3 is 9.47 Å². The number of halogens is 4. The van der Waals surface area contributed by atoms with E-state index in [0.717, 1.165) is 0 Å². The van der Waals surface area contributed by atoms with Gasteiger partial charge in [0.25, 0.3) is 0 Å². The van der Waals surface area contributed by atoms with Gasteiger partial charge in [-0.15, -0.1) is 11.6 Å². The number of alkyl halides is 4. The third kappa shape index (κ3) is 2.79. The largest absolute Gasteiger partial charge is 0.346 e. The van der Waals surface area contributed by atoms with Crippen molar-refractivity contribution in [3.63, 3.8) is 0 Å². The molecule has 1 fully saturated rings. The van der Waals surface area contributed by atoms with Crippen LogP contribution in [0.1, 0.15) is 0 Å². The summed E-state index contributed by atoms with van der Waals surface area (Å²) in [6.45, 7) is 0.377. The lowest BCUT2D eigenvalue weighted by molar-refractivity contribution is -0.0499. The van der Waals surface area contributed by atoms with Crippen LogP contribution in [0.25, 0.3) is 0 Å². The molecule has 0 aromatic heterocycles. The van der Waals surface area contributed by atoms with Crippen LogP contribution in [0.3, 0.4) is 0 Å². The topological polar surface area (TPSA) is 18.5 Å². The second-order valence-electron chi connectivity index (χ2n) is 2.12. The van der Waals surface area contributed by atoms with E-state index in [1.165, 1.54) is 0 Å². The maximum absolute atomic E-state index is 5.50. The summed E-state index contributed by atoms with van der Waals surface area (Å²) in [6, 6.07) is 0. The molecule has 11 heavy (non-hydrogen) atoms. The average Bonchev–Trinajstić information content (AvgIpc) is 2.32. The van der Waals surface area contributed by atoms with Crippen LogP contribution in [0.15, 0.2) is 0 Å². The fraction of sp³-hybridized carbons (Fsp3) is 1.00. The summed E-state index contributed by atoms with van der Waals surface area (Å²) in [4.78, 5) is 0. The lowest BCUT2D eigenvalue weighted by Gasteiger charge is -2.17. The highest BCUT2D eigenvalue weighted by Crippen LogP contribution is 2.36. The predicted octanol–water partition coefficient (Wildman–Crippen LogP) is 2.34. The molecule has 1 heterocycles. The maximum Gasteiger partial charge on any atom is 0.240 e. The Morgan fingerprint density at radius 2 is 2.00 bits per heavy atom. The quantitative estimate of drug-likeness (QED) is 0.655. The van der Waals surface area contributed by atoms with Crippen LogP contribution >= 0.6 is 46.4 Å². The lowest BCUT2D eigenvalue weighted by Crippen LogP contribution is -2.27.